The van der Waals surface area contributed by atoms with Crippen LogP contribution in [0.1, 0.15) is 26.1 Å². The molecule has 0 spiro atoms. The molecule has 1 aliphatic rings. The molecule has 0 N–H and O–H groups in total. The van der Waals surface area contributed by atoms with E-state index < -0.39 is 0 Å². The lowest BCUT2D eigenvalue weighted by molar-refractivity contribution is 0.240. The zero-order chi connectivity index (χ0) is 19.3. The summed E-state index contributed by atoms with van der Waals surface area (Å²) in [6.07, 6.45) is 3.65. The summed E-state index contributed by atoms with van der Waals surface area (Å²) in [7, 11) is 0. The van der Waals surface area contributed by atoms with Crippen LogP contribution in [0.4, 0.5) is 0 Å². The van der Waals surface area contributed by atoms with Crippen molar-refractivity contribution in [1.29, 1.82) is 0 Å². The van der Waals surface area contributed by atoms with Crippen molar-refractivity contribution in [3.8, 4) is 22.0 Å². The van der Waals surface area contributed by atoms with Crippen LogP contribution in [-0.4, -0.2) is 19.5 Å². The minimum Gasteiger partial charge on any atom is -0.296 e. The molecule has 3 aromatic heterocycles. The highest BCUT2D eigenvalue weighted by Gasteiger charge is 2.27. The number of pyridine rings is 1. The number of rotatable bonds is 2. The normalized spacial score (nSPS) is 15.5. The van der Waals surface area contributed by atoms with Crippen molar-refractivity contribution in [2.45, 2.75) is 33.2 Å². The third kappa shape index (κ3) is 2.94. The van der Waals surface area contributed by atoms with Crippen LogP contribution in [0.5, 0.6) is 0 Å². The maximum Gasteiger partial charge on any atom is 0.261 e. The predicted molar refractivity (Wildman–Crippen MR) is 112 cm³/mol. The zero-order valence-corrected chi connectivity index (χ0v) is 16.7. The summed E-state index contributed by atoms with van der Waals surface area (Å²) in [4.78, 5) is 26.9. The van der Waals surface area contributed by atoms with Crippen LogP contribution in [0.25, 0.3) is 32.9 Å². The molecule has 0 bridgehead atoms. The molecule has 4 aromatic rings. The third-order valence-corrected chi connectivity index (χ3v) is 6.22. The Morgan fingerprint density at radius 3 is 2.82 bits per heavy atom. The van der Waals surface area contributed by atoms with E-state index in [1.165, 1.54) is 0 Å². The zero-order valence-electron chi connectivity index (χ0n) is 15.8. The molecule has 0 radical (unpaired) electrons. The molecule has 0 atom stereocenters. The van der Waals surface area contributed by atoms with E-state index in [1.807, 2.05) is 46.3 Å². The van der Waals surface area contributed by atoms with Crippen LogP contribution in [0.15, 0.2) is 52.8 Å². The van der Waals surface area contributed by atoms with Gasteiger partial charge in [0.15, 0.2) is 0 Å². The van der Waals surface area contributed by atoms with Crippen molar-refractivity contribution in [2.24, 2.45) is 5.41 Å². The second-order valence-corrected chi connectivity index (χ2v) is 8.93. The Hall–Kier alpha value is -2.86. The Morgan fingerprint density at radius 2 is 2.00 bits per heavy atom. The molecule has 0 unspecified atom stereocenters. The molecular weight excluding hydrogens is 368 g/mol. The summed E-state index contributed by atoms with van der Waals surface area (Å²) < 4.78 is 1.86. The number of fused-ring (bicyclic) bond motifs is 2. The Bertz CT molecular complexity index is 1240. The first-order valence-electron chi connectivity index (χ1n) is 9.41. The first kappa shape index (κ1) is 17.3. The van der Waals surface area contributed by atoms with Crippen LogP contribution in [0.3, 0.4) is 0 Å². The molecule has 5 rings (SSSR count). The van der Waals surface area contributed by atoms with Gasteiger partial charge in [0.05, 0.1) is 16.6 Å². The van der Waals surface area contributed by atoms with Crippen LogP contribution in [0, 0.1) is 5.41 Å². The summed E-state index contributed by atoms with van der Waals surface area (Å²) in [5, 5.41) is 3.59. The first-order chi connectivity index (χ1) is 13.5. The molecule has 1 aliphatic heterocycles. The molecule has 140 valence electrons. The van der Waals surface area contributed by atoms with E-state index in [4.69, 9.17) is 9.97 Å². The van der Waals surface area contributed by atoms with Gasteiger partial charge in [0.25, 0.3) is 5.56 Å². The standard InChI is InChI=1S/C22H20N4OS/c1-22(2)9-8-19-24-17-11-14(6-7-15(17)21(27)26(19)13-22)20-25-18(12-28-20)16-5-3-4-10-23-16/h3-7,10-12H,8-9,13H2,1-2H3. The lowest BCUT2D eigenvalue weighted by Crippen LogP contribution is -2.36. The van der Waals surface area contributed by atoms with Crippen LogP contribution >= 0.6 is 11.3 Å². The summed E-state index contributed by atoms with van der Waals surface area (Å²) in [5.74, 6) is 0.891. The van der Waals surface area contributed by atoms with Gasteiger partial charge < -0.3 is 0 Å². The quantitative estimate of drug-likeness (QED) is 0.505. The van der Waals surface area contributed by atoms with Gasteiger partial charge in [-0.05, 0) is 36.1 Å². The molecule has 0 aliphatic carbocycles. The second-order valence-electron chi connectivity index (χ2n) is 8.07. The van der Waals surface area contributed by atoms with E-state index in [1.54, 1.807) is 17.5 Å². The molecule has 0 saturated heterocycles. The minimum absolute atomic E-state index is 0.0626. The van der Waals surface area contributed by atoms with Crippen molar-refractivity contribution in [3.63, 3.8) is 0 Å². The van der Waals surface area contributed by atoms with Gasteiger partial charge in [-0.3, -0.25) is 14.3 Å². The number of aromatic nitrogens is 4. The summed E-state index contributed by atoms with van der Waals surface area (Å²) in [5.41, 5.74) is 3.65. The van der Waals surface area contributed by atoms with Gasteiger partial charge in [0, 0.05) is 30.1 Å². The van der Waals surface area contributed by atoms with E-state index in [0.29, 0.717) is 5.39 Å². The van der Waals surface area contributed by atoms with Gasteiger partial charge in [-0.2, -0.15) is 0 Å². The lowest BCUT2D eigenvalue weighted by atomic mass is 9.85. The van der Waals surface area contributed by atoms with Gasteiger partial charge in [0.1, 0.15) is 16.5 Å². The van der Waals surface area contributed by atoms with E-state index in [2.05, 4.69) is 18.8 Å². The highest BCUT2D eigenvalue weighted by atomic mass is 32.1. The van der Waals surface area contributed by atoms with E-state index >= 15 is 0 Å². The average Bonchev–Trinajstić information content (AvgIpc) is 3.19. The Labute approximate surface area is 166 Å². The Balaban J connectivity index is 1.58. The van der Waals surface area contributed by atoms with Crippen molar-refractivity contribution >= 4 is 22.2 Å². The lowest BCUT2D eigenvalue weighted by Gasteiger charge is -2.31. The van der Waals surface area contributed by atoms with Gasteiger partial charge in [0.2, 0.25) is 0 Å². The molecular formula is C22H20N4OS. The molecule has 6 heteroatoms. The summed E-state index contributed by atoms with van der Waals surface area (Å²) in [6, 6.07) is 11.6. The van der Waals surface area contributed by atoms with Crippen molar-refractivity contribution in [1.82, 2.24) is 19.5 Å². The molecule has 1 aromatic carbocycles. The number of benzene rings is 1. The highest BCUT2D eigenvalue weighted by Crippen LogP contribution is 2.31. The predicted octanol–water partition coefficient (Wildman–Crippen LogP) is 4.55. The van der Waals surface area contributed by atoms with Crippen LogP contribution < -0.4 is 5.56 Å². The fourth-order valence-electron chi connectivity index (χ4n) is 3.75. The van der Waals surface area contributed by atoms with Gasteiger partial charge in [-0.15, -0.1) is 11.3 Å². The summed E-state index contributed by atoms with van der Waals surface area (Å²) in [6.45, 7) is 5.14. The topological polar surface area (TPSA) is 60.7 Å². The fourth-order valence-corrected chi connectivity index (χ4v) is 4.56. The van der Waals surface area contributed by atoms with Crippen molar-refractivity contribution in [3.05, 3.63) is 64.2 Å². The molecule has 0 saturated carbocycles. The van der Waals surface area contributed by atoms with Crippen LogP contribution in [0.2, 0.25) is 0 Å². The molecule has 0 fully saturated rings. The second kappa shape index (κ2) is 6.34. The van der Waals surface area contributed by atoms with Gasteiger partial charge >= 0.3 is 0 Å². The van der Waals surface area contributed by atoms with Gasteiger partial charge in [-0.1, -0.05) is 26.0 Å². The number of hydrogen-bond donors (Lipinski definition) is 0. The third-order valence-electron chi connectivity index (χ3n) is 5.32. The molecule has 4 heterocycles. The smallest absolute Gasteiger partial charge is 0.261 e. The first-order valence-corrected chi connectivity index (χ1v) is 10.3. The van der Waals surface area contributed by atoms with E-state index in [-0.39, 0.29) is 11.0 Å². The van der Waals surface area contributed by atoms with Crippen molar-refractivity contribution in [2.75, 3.05) is 0 Å². The number of thiazole rings is 1. The van der Waals surface area contributed by atoms with E-state index in [9.17, 15) is 4.79 Å². The SMILES string of the molecule is CC1(C)CCc2nc3cc(-c4nc(-c5ccccn5)cs4)ccc3c(=O)n2C1. The van der Waals surface area contributed by atoms with Crippen molar-refractivity contribution < 1.29 is 0 Å². The maximum atomic E-state index is 13.0. The highest BCUT2D eigenvalue weighted by molar-refractivity contribution is 7.13. The van der Waals surface area contributed by atoms with E-state index in [0.717, 1.165) is 52.7 Å². The molecule has 28 heavy (non-hydrogen) atoms. The molecule has 5 nitrogen and oxygen atoms in total. The fraction of sp³-hybridized carbons (Fsp3) is 0.273. The Kier molecular flexibility index (Phi) is 3.91. The Morgan fingerprint density at radius 1 is 1.11 bits per heavy atom. The molecule has 0 amide bonds. The minimum atomic E-state index is 0.0626. The number of aryl methyl sites for hydroxylation is 1. The number of nitrogens with zero attached hydrogens (tertiary/aromatic N) is 4. The largest absolute Gasteiger partial charge is 0.296 e. The monoisotopic (exact) mass is 388 g/mol. The van der Waals surface area contributed by atoms with Gasteiger partial charge in [-0.25, -0.2) is 9.97 Å². The maximum absolute atomic E-state index is 13.0. The summed E-state index contributed by atoms with van der Waals surface area (Å²) >= 11 is 1.58. The van der Waals surface area contributed by atoms with Crippen LogP contribution in [-0.2, 0) is 13.0 Å². The average molecular weight is 388 g/mol. The number of hydrogen-bond acceptors (Lipinski definition) is 5.